The van der Waals surface area contributed by atoms with Crippen LogP contribution in [0.25, 0.3) is 10.8 Å². The molecular weight excluding hydrogens is 316 g/mol. The van der Waals surface area contributed by atoms with Gasteiger partial charge in [0.25, 0.3) is 0 Å². The van der Waals surface area contributed by atoms with E-state index in [-0.39, 0.29) is 23.9 Å². The molecule has 0 aliphatic carbocycles. The highest BCUT2D eigenvalue weighted by Gasteiger charge is 2.33. The minimum Gasteiger partial charge on any atom is -0.481 e. The van der Waals surface area contributed by atoms with Crippen molar-refractivity contribution in [1.82, 2.24) is 10.2 Å². The zero-order chi connectivity index (χ0) is 18.0. The van der Waals surface area contributed by atoms with Gasteiger partial charge in [-0.1, -0.05) is 36.4 Å². The van der Waals surface area contributed by atoms with Crippen LogP contribution in [0.4, 0.5) is 0 Å². The number of carbonyl (C=O) groups is 2. The number of hydrogen-bond donors (Lipinski definition) is 2. The largest absolute Gasteiger partial charge is 0.481 e. The molecule has 1 amide bonds. The van der Waals surface area contributed by atoms with Crippen LogP contribution in [0.3, 0.4) is 0 Å². The van der Waals surface area contributed by atoms with E-state index in [1.54, 1.807) is 0 Å². The van der Waals surface area contributed by atoms with Gasteiger partial charge in [0.05, 0.1) is 18.0 Å². The Bertz CT molecular complexity index is 789. The summed E-state index contributed by atoms with van der Waals surface area (Å²) >= 11 is 0. The van der Waals surface area contributed by atoms with Crippen molar-refractivity contribution in [1.29, 1.82) is 0 Å². The molecule has 5 heteroatoms. The second-order valence-electron chi connectivity index (χ2n) is 6.83. The Morgan fingerprint density at radius 1 is 1.16 bits per heavy atom. The van der Waals surface area contributed by atoms with Gasteiger partial charge >= 0.3 is 5.97 Å². The minimum absolute atomic E-state index is 0.0632. The van der Waals surface area contributed by atoms with Crippen LogP contribution >= 0.6 is 0 Å². The first kappa shape index (κ1) is 17.4. The van der Waals surface area contributed by atoms with Gasteiger partial charge in [-0.3, -0.25) is 14.5 Å². The molecule has 132 valence electrons. The predicted octanol–water partition coefficient (Wildman–Crippen LogP) is 2.81. The van der Waals surface area contributed by atoms with Crippen molar-refractivity contribution in [2.75, 3.05) is 13.1 Å². The Morgan fingerprint density at radius 2 is 1.88 bits per heavy atom. The van der Waals surface area contributed by atoms with Gasteiger partial charge in [-0.25, -0.2) is 0 Å². The van der Waals surface area contributed by atoms with Crippen molar-refractivity contribution in [2.24, 2.45) is 5.92 Å². The Labute approximate surface area is 147 Å². The third-order valence-corrected chi connectivity index (χ3v) is 5.13. The zero-order valence-electron chi connectivity index (χ0n) is 14.6. The van der Waals surface area contributed by atoms with Crippen LogP contribution in [0.2, 0.25) is 0 Å². The number of carboxylic acid groups (broad SMARTS) is 1. The lowest BCUT2D eigenvalue weighted by Gasteiger charge is -2.25. The molecular formula is C20H24N2O3. The molecule has 3 rings (SSSR count). The first-order chi connectivity index (χ1) is 12.0. The molecule has 1 aliphatic rings. The Hall–Kier alpha value is -2.40. The lowest BCUT2D eigenvalue weighted by atomic mass is 10.0. The maximum Gasteiger partial charge on any atom is 0.307 e. The molecule has 1 aliphatic heterocycles. The van der Waals surface area contributed by atoms with E-state index in [1.165, 1.54) is 5.39 Å². The van der Waals surface area contributed by atoms with Crippen molar-refractivity contribution < 1.29 is 14.7 Å². The van der Waals surface area contributed by atoms with Gasteiger partial charge in [-0.2, -0.15) is 0 Å². The number of amides is 1. The summed E-state index contributed by atoms with van der Waals surface area (Å²) in [6.07, 6.45) is 0.604. The van der Waals surface area contributed by atoms with E-state index in [1.807, 2.05) is 36.9 Å². The number of hydrogen-bond acceptors (Lipinski definition) is 3. The van der Waals surface area contributed by atoms with E-state index < -0.39 is 5.97 Å². The molecule has 3 atom stereocenters. The lowest BCUT2D eigenvalue weighted by molar-refractivity contribution is -0.141. The molecule has 0 spiro atoms. The zero-order valence-corrected chi connectivity index (χ0v) is 14.6. The topological polar surface area (TPSA) is 69.6 Å². The van der Waals surface area contributed by atoms with Gasteiger partial charge in [0, 0.05) is 6.54 Å². The molecule has 0 bridgehead atoms. The SMILES string of the molecule is CC(NC(=O)C(C)N1CCC(C(=O)O)C1)c1ccc2ccccc2c1. The highest BCUT2D eigenvalue weighted by Crippen LogP contribution is 2.22. The summed E-state index contributed by atoms with van der Waals surface area (Å²) in [4.78, 5) is 25.6. The van der Waals surface area contributed by atoms with Gasteiger partial charge < -0.3 is 10.4 Å². The van der Waals surface area contributed by atoms with Crippen molar-refractivity contribution in [3.63, 3.8) is 0 Å². The first-order valence-corrected chi connectivity index (χ1v) is 8.71. The van der Waals surface area contributed by atoms with Gasteiger partial charge in [0.2, 0.25) is 5.91 Å². The number of aliphatic carboxylic acids is 1. The van der Waals surface area contributed by atoms with E-state index >= 15 is 0 Å². The van der Waals surface area contributed by atoms with Crippen molar-refractivity contribution in [3.05, 3.63) is 48.0 Å². The van der Waals surface area contributed by atoms with Crippen LogP contribution in [0.5, 0.6) is 0 Å². The Kier molecular flexibility index (Phi) is 5.04. The number of rotatable bonds is 5. The Morgan fingerprint density at radius 3 is 2.56 bits per heavy atom. The summed E-state index contributed by atoms with van der Waals surface area (Å²) in [5, 5.41) is 14.5. The fraction of sp³-hybridized carbons (Fsp3) is 0.400. The van der Waals surface area contributed by atoms with Crippen LogP contribution in [0.15, 0.2) is 42.5 Å². The quantitative estimate of drug-likeness (QED) is 0.878. The summed E-state index contributed by atoms with van der Waals surface area (Å²) in [5.74, 6) is -1.21. The minimum atomic E-state index is -0.778. The lowest BCUT2D eigenvalue weighted by Crippen LogP contribution is -2.45. The number of fused-ring (bicyclic) bond motifs is 1. The number of carbonyl (C=O) groups excluding carboxylic acids is 1. The van der Waals surface area contributed by atoms with Gasteiger partial charge in [0.1, 0.15) is 0 Å². The van der Waals surface area contributed by atoms with Crippen LogP contribution < -0.4 is 5.32 Å². The van der Waals surface area contributed by atoms with Gasteiger partial charge in [0.15, 0.2) is 0 Å². The van der Waals surface area contributed by atoms with Crippen molar-refractivity contribution >= 4 is 22.6 Å². The van der Waals surface area contributed by atoms with E-state index in [9.17, 15) is 9.59 Å². The van der Waals surface area contributed by atoms with Crippen molar-refractivity contribution in [2.45, 2.75) is 32.4 Å². The van der Waals surface area contributed by atoms with Crippen LogP contribution in [-0.2, 0) is 9.59 Å². The van der Waals surface area contributed by atoms with Gasteiger partial charge in [-0.15, -0.1) is 0 Å². The highest BCUT2D eigenvalue weighted by atomic mass is 16.4. The van der Waals surface area contributed by atoms with Crippen molar-refractivity contribution in [3.8, 4) is 0 Å². The molecule has 0 saturated carbocycles. The molecule has 0 radical (unpaired) electrons. The molecule has 1 fully saturated rings. The molecule has 25 heavy (non-hydrogen) atoms. The standard InChI is InChI=1S/C20H24N2O3/c1-13(16-8-7-15-5-3-4-6-17(15)11-16)21-19(23)14(2)22-10-9-18(12-22)20(24)25/h3-8,11,13-14,18H,9-10,12H2,1-2H3,(H,21,23)(H,24,25). The second-order valence-corrected chi connectivity index (χ2v) is 6.83. The fourth-order valence-corrected chi connectivity index (χ4v) is 3.40. The predicted molar refractivity (Wildman–Crippen MR) is 97.3 cm³/mol. The summed E-state index contributed by atoms with van der Waals surface area (Å²) in [5.41, 5.74) is 1.06. The molecule has 0 aromatic heterocycles. The molecule has 3 unspecified atom stereocenters. The van der Waals surface area contributed by atoms with E-state index in [2.05, 4.69) is 29.6 Å². The number of carboxylic acids is 1. The number of benzene rings is 2. The van der Waals surface area contributed by atoms with Crippen LogP contribution in [0, 0.1) is 5.92 Å². The molecule has 1 heterocycles. The highest BCUT2D eigenvalue weighted by molar-refractivity contribution is 5.84. The molecule has 5 nitrogen and oxygen atoms in total. The summed E-state index contributed by atoms with van der Waals surface area (Å²) in [6, 6.07) is 13.9. The third kappa shape index (κ3) is 3.82. The van der Waals surface area contributed by atoms with Gasteiger partial charge in [-0.05, 0) is 49.2 Å². The molecule has 2 aromatic carbocycles. The fourth-order valence-electron chi connectivity index (χ4n) is 3.40. The van der Waals surface area contributed by atoms with Crippen LogP contribution in [0.1, 0.15) is 31.9 Å². The van der Waals surface area contributed by atoms with Crippen LogP contribution in [-0.4, -0.2) is 41.0 Å². The average molecular weight is 340 g/mol. The second kappa shape index (κ2) is 7.23. The third-order valence-electron chi connectivity index (χ3n) is 5.13. The van der Waals surface area contributed by atoms with E-state index in [0.717, 1.165) is 10.9 Å². The monoisotopic (exact) mass is 340 g/mol. The maximum absolute atomic E-state index is 12.6. The normalized spacial score (nSPS) is 20.3. The smallest absolute Gasteiger partial charge is 0.307 e. The number of nitrogens with one attached hydrogen (secondary N) is 1. The molecule has 1 saturated heterocycles. The van der Waals surface area contributed by atoms with E-state index in [0.29, 0.717) is 19.5 Å². The first-order valence-electron chi connectivity index (χ1n) is 8.71. The average Bonchev–Trinajstić information content (AvgIpc) is 3.11. The summed E-state index contributed by atoms with van der Waals surface area (Å²) in [7, 11) is 0. The Balaban J connectivity index is 1.64. The molecule has 2 aromatic rings. The van der Waals surface area contributed by atoms with E-state index in [4.69, 9.17) is 5.11 Å². The summed E-state index contributed by atoms with van der Waals surface area (Å²) in [6.45, 7) is 4.90. The molecule has 2 N–H and O–H groups in total. The summed E-state index contributed by atoms with van der Waals surface area (Å²) < 4.78 is 0. The number of nitrogens with zero attached hydrogens (tertiary/aromatic N) is 1. The maximum atomic E-state index is 12.6. The number of likely N-dealkylation sites (tertiary alicyclic amines) is 1.